The molecule has 0 aliphatic heterocycles. The predicted octanol–water partition coefficient (Wildman–Crippen LogP) is 7.13. The second kappa shape index (κ2) is 5.85. The highest BCUT2D eigenvalue weighted by atomic mass is 32.1. The number of thiophene rings is 1. The average Bonchev–Trinajstić information content (AvgIpc) is 3.08. The summed E-state index contributed by atoms with van der Waals surface area (Å²) in [6.45, 7) is 1.96. The molecule has 28 heavy (non-hydrogen) atoms. The van der Waals surface area contributed by atoms with E-state index in [-0.39, 0.29) is 0 Å². The highest BCUT2D eigenvalue weighted by Gasteiger charge is 2.12. The van der Waals surface area contributed by atoms with Crippen LogP contribution in [0, 0.1) is 6.92 Å². The molecule has 2 nitrogen and oxygen atoms in total. The standard InChI is InChI=1S/C25H16N2S/c1-15-26-22-9-5-4-8-19(22)25(27-15)18-10-11-23-20(13-18)21-12-16-6-2-3-7-17(16)14-24(21)28-23/h2-14H,1H3. The van der Waals surface area contributed by atoms with Gasteiger partial charge >= 0.3 is 0 Å². The molecule has 0 unspecified atom stereocenters. The van der Waals surface area contributed by atoms with Crippen molar-refractivity contribution < 1.29 is 0 Å². The minimum absolute atomic E-state index is 0.801. The second-order valence-corrected chi connectivity index (χ2v) is 8.23. The molecule has 6 rings (SSSR count). The van der Waals surface area contributed by atoms with E-state index in [1.807, 2.05) is 24.3 Å². The van der Waals surface area contributed by atoms with Crippen LogP contribution in [-0.2, 0) is 0 Å². The number of nitrogens with zero attached hydrogens (tertiary/aromatic N) is 2. The topological polar surface area (TPSA) is 25.8 Å². The summed E-state index contributed by atoms with van der Waals surface area (Å²) in [4.78, 5) is 9.37. The van der Waals surface area contributed by atoms with Crippen LogP contribution >= 0.6 is 11.3 Å². The Balaban J connectivity index is 1.67. The third-order valence-corrected chi connectivity index (χ3v) is 6.46. The minimum Gasteiger partial charge on any atom is -0.233 e. The molecule has 0 fully saturated rings. The minimum atomic E-state index is 0.801. The summed E-state index contributed by atoms with van der Waals surface area (Å²) in [7, 11) is 0. The first-order valence-corrected chi connectivity index (χ1v) is 10.2. The van der Waals surface area contributed by atoms with Gasteiger partial charge in [-0.15, -0.1) is 11.3 Å². The largest absolute Gasteiger partial charge is 0.233 e. The van der Waals surface area contributed by atoms with Crippen LogP contribution in [0.15, 0.2) is 78.9 Å². The number of hydrogen-bond donors (Lipinski definition) is 0. The summed E-state index contributed by atoms with van der Waals surface area (Å²) in [5.74, 6) is 0.801. The fourth-order valence-electron chi connectivity index (χ4n) is 4.02. The van der Waals surface area contributed by atoms with E-state index in [0.29, 0.717) is 0 Å². The molecule has 2 heterocycles. The first-order chi connectivity index (χ1) is 13.8. The molecule has 2 aromatic heterocycles. The zero-order chi connectivity index (χ0) is 18.7. The van der Waals surface area contributed by atoms with E-state index in [2.05, 4.69) is 77.8 Å². The van der Waals surface area contributed by atoms with Gasteiger partial charge in [-0.2, -0.15) is 0 Å². The Morgan fingerprint density at radius 1 is 0.643 bits per heavy atom. The molecule has 0 N–H and O–H groups in total. The Morgan fingerprint density at radius 2 is 1.39 bits per heavy atom. The quantitative estimate of drug-likeness (QED) is 0.305. The third-order valence-electron chi connectivity index (χ3n) is 5.33. The molecule has 0 atom stereocenters. The maximum Gasteiger partial charge on any atom is 0.126 e. The molecular weight excluding hydrogens is 360 g/mol. The smallest absolute Gasteiger partial charge is 0.126 e. The monoisotopic (exact) mass is 376 g/mol. The SMILES string of the molecule is Cc1nc(-c2ccc3sc4cc5ccccc5cc4c3c2)c2ccccc2n1. The molecule has 0 amide bonds. The van der Waals surface area contributed by atoms with Crippen molar-refractivity contribution in [3.05, 3.63) is 84.7 Å². The molecule has 6 aromatic rings. The van der Waals surface area contributed by atoms with E-state index in [1.54, 1.807) is 0 Å². The van der Waals surface area contributed by atoms with Crippen LogP contribution in [0.3, 0.4) is 0 Å². The second-order valence-electron chi connectivity index (χ2n) is 7.15. The van der Waals surface area contributed by atoms with E-state index in [0.717, 1.165) is 28.0 Å². The van der Waals surface area contributed by atoms with Gasteiger partial charge in [0, 0.05) is 31.1 Å². The average molecular weight is 376 g/mol. The molecule has 0 saturated heterocycles. The lowest BCUT2D eigenvalue weighted by Crippen LogP contribution is -1.93. The van der Waals surface area contributed by atoms with Gasteiger partial charge in [-0.1, -0.05) is 48.5 Å². The van der Waals surface area contributed by atoms with Crippen LogP contribution < -0.4 is 0 Å². The predicted molar refractivity (Wildman–Crippen MR) is 120 cm³/mol. The number of hydrogen-bond acceptors (Lipinski definition) is 3. The summed E-state index contributed by atoms with van der Waals surface area (Å²) in [5.41, 5.74) is 3.14. The summed E-state index contributed by atoms with van der Waals surface area (Å²) in [5, 5.41) is 6.28. The highest BCUT2D eigenvalue weighted by molar-refractivity contribution is 7.25. The third kappa shape index (κ3) is 2.33. The van der Waals surface area contributed by atoms with Crippen LogP contribution in [0.1, 0.15) is 5.82 Å². The van der Waals surface area contributed by atoms with Gasteiger partial charge in [0.05, 0.1) is 11.2 Å². The van der Waals surface area contributed by atoms with E-state index in [1.165, 1.54) is 30.9 Å². The molecule has 0 aliphatic rings. The molecule has 0 saturated carbocycles. The Hall–Kier alpha value is -3.30. The van der Waals surface area contributed by atoms with Crippen molar-refractivity contribution in [3.63, 3.8) is 0 Å². The van der Waals surface area contributed by atoms with E-state index < -0.39 is 0 Å². The van der Waals surface area contributed by atoms with Gasteiger partial charge in [-0.3, -0.25) is 0 Å². The van der Waals surface area contributed by atoms with Crippen molar-refractivity contribution in [2.24, 2.45) is 0 Å². The van der Waals surface area contributed by atoms with E-state index in [4.69, 9.17) is 4.98 Å². The van der Waals surface area contributed by atoms with Crippen LogP contribution in [0.4, 0.5) is 0 Å². The molecule has 4 aromatic carbocycles. The van der Waals surface area contributed by atoms with Crippen LogP contribution in [0.25, 0.3) is 53.1 Å². The lowest BCUT2D eigenvalue weighted by molar-refractivity contribution is 1.10. The normalized spacial score (nSPS) is 11.8. The molecule has 0 bridgehead atoms. The lowest BCUT2D eigenvalue weighted by Gasteiger charge is -2.07. The zero-order valence-electron chi connectivity index (χ0n) is 15.3. The van der Waals surface area contributed by atoms with Crippen molar-refractivity contribution >= 4 is 53.2 Å². The number of aromatic nitrogens is 2. The number of para-hydroxylation sites is 1. The van der Waals surface area contributed by atoms with Gasteiger partial charge in [-0.05, 0) is 48.0 Å². The summed E-state index contributed by atoms with van der Waals surface area (Å²) in [6, 6.07) is 28.1. The molecule has 0 aliphatic carbocycles. The van der Waals surface area contributed by atoms with E-state index in [9.17, 15) is 0 Å². The van der Waals surface area contributed by atoms with Gasteiger partial charge in [0.25, 0.3) is 0 Å². The van der Waals surface area contributed by atoms with E-state index >= 15 is 0 Å². The number of rotatable bonds is 1. The van der Waals surface area contributed by atoms with Crippen LogP contribution in [0.2, 0.25) is 0 Å². The molecule has 0 spiro atoms. The van der Waals surface area contributed by atoms with Gasteiger partial charge in [0.1, 0.15) is 5.82 Å². The fourth-order valence-corrected chi connectivity index (χ4v) is 5.14. The highest BCUT2D eigenvalue weighted by Crippen LogP contribution is 2.39. The lowest BCUT2D eigenvalue weighted by atomic mass is 10.0. The first-order valence-electron chi connectivity index (χ1n) is 9.35. The molecular formula is C25H16N2S. The van der Waals surface area contributed by atoms with Crippen LogP contribution in [-0.4, -0.2) is 9.97 Å². The van der Waals surface area contributed by atoms with Gasteiger partial charge in [0.2, 0.25) is 0 Å². The maximum atomic E-state index is 4.79. The molecule has 0 radical (unpaired) electrons. The Bertz CT molecular complexity index is 1530. The maximum absolute atomic E-state index is 4.79. The van der Waals surface area contributed by atoms with Crippen molar-refractivity contribution in [1.82, 2.24) is 9.97 Å². The van der Waals surface area contributed by atoms with Crippen molar-refractivity contribution in [1.29, 1.82) is 0 Å². The van der Waals surface area contributed by atoms with Gasteiger partial charge in [-0.25, -0.2) is 9.97 Å². The molecule has 3 heteroatoms. The van der Waals surface area contributed by atoms with Crippen molar-refractivity contribution in [3.8, 4) is 11.3 Å². The number of aryl methyl sites for hydroxylation is 1. The first kappa shape index (κ1) is 15.7. The summed E-state index contributed by atoms with van der Waals surface area (Å²) >= 11 is 1.85. The zero-order valence-corrected chi connectivity index (χ0v) is 16.1. The summed E-state index contributed by atoms with van der Waals surface area (Å²) in [6.07, 6.45) is 0. The Kier molecular flexibility index (Phi) is 3.28. The van der Waals surface area contributed by atoms with Crippen molar-refractivity contribution in [2.45, 2.75) is 6.92 Å². The van der Waals surface area contributed by atoms with Crippen molar-refractivity contribution in [2.75, 3.05) is 0 Å². The summed E-state index contributed by atoms with van der Waals surface area (Å²) < 4.78 is 2.64. The fraction of sp³-hybridized carbons (Fsp3) is 0.0400. The Morgan fingerprint density at radius 3 is 2.29 bits per heavy atom. The number of fused-ring (bicyclic) bond motifs is 5. The Labute approximate surface area is 166 Å². The van der Waals surface area contributed by atoms with Crippen LogP contribution in [0.5, 0.6) is 0 Å². The molecule has 132 valence electrons. The van der Waals surface area contributed by atoms with Gasteiger partial charge in [0.15, 0.2) is 0 Å². The number of benzene rings is 4. The van der Waals surface area contributed by atoms with Gasteiger partial charge < -0.3 is 0 Å².